The summed E-state index contributed by atoms with van der Waals surface area (Å²) in [7, 11) is 0. The molecule has 1 aromatic heterocycles. The molecular formula is C15H18BrNO. The highest BCUT2D eigenvalue weighted by Crippen LogP contribution is 2.28. The van der Waals surface area contributed by atoms with E-state index in [2.05, 4.69) is 60.2 Å². The molecule has 0 fully saturated rings. The van der Waals surface area contributed by atoms with E-state index in [4.69, 9.17) is 4.42 Å². The van der Waals surface area contributed by atoms with Crippen LogP contribution in [0, 0.1) is 13.8 Å². The van der Waals surface area contributed by atoms with Crippen molar-refractivity contribution in [3.05, 3.63) is 57.5 Å². The predicted octanol–water partition coefficient (Wildman–Crippen LogP) is 4.36. The van der Waals surface area contributed by atoms with E-state index in [0.717, 1.165) is 17.0 Å². The van der Waals surface area contributed by atoms with E-state index in [1.54, 1.807) is 0 Å². The van der Waals surface area contributed by atoms with Crippen LogP contribution >= 0.6 is 15.9 Å². The molecule has 18 heavy (non-hydrogen) atoms. The van der Waals surface area contributed by atoms with Crippen LogP contribution < -0.4 is 5.32 Å². The SMILES string of the molecule is CCNC(c1ccc(Br)o1)c1ccc(C)cc1C. The van der Waals surface area contributed by atoms with E-state index in [-0.39, 0.29) is 6.04 Å². The molecule has 0 aliphatic carbocycles. The minimum Gasteiger partial charge on any atom is -0.452 e. The molecular weight excluding hydrogens is 290 g/mol. The Morgan fingerprint density at radius 1 is 1.22 bits per heavy atom. The number of hydrogen-bond donors (Lipinski definition) is 1. The van der Waals surface area contributed by atoms with Crippen LogP contribution in [0.25, 0.3) is 0 Å². The Morgan fingerprint density at radius 3 is 2.56 bits per heavy atom. The van der Waals surface area contributed by atoms with Crippen LogP contribution in [0.15, 0.2) is 39.4 Å². The molecule has 0 aliphatic heterocycles. The maximum Gasteiger partial charge on any atom is 0.169 e. The van der Waals surface area contributed by atoms with E-state index >= 15 is 0 Å². The average molecular weight is 308 g/mol. The Balaban J connectivity index is 2.41. The summed E-state index contributed by atoms with van der Waals surface area (Å²) in [5.74, 6) is 0.940. The van der Waals surface area contributed by atoms with Crippen LogP contribution in [0.1, 0.15) is 35.4 Å². The summed E-state index contributed by atoms with van der Waals surface area (Å²) in [6.07, 6.45) is 0. The van der Waals surface area contributed by atoms with Crippen molar-refractivity contribution in [3.8, 4) is 0 Å². The summed E-state index contributed by atoms with van der Waals surface area (Å²) in [6, 6.07) is 10.6. The van der Waals surface area contributed by atoms with E-state index in [1.807, 2.05) is 12.1 Å². The molecule has 1 unspecified atom stereocenters. The van der Waals surface area contributed by atoms with Crippen molar-refractivity contribution >= 4 is 15.9 Å². The molecule has 1 heterocycles. The van der Waals surface area contributed by atoms with E-state index in [0.29, 0.717) is 0 Å². The average Bonchev–Trinajstić information content (AvgIpc) is 2.73. The molecule has 2 aromatic rings. The second kappa shape index (κ2) is 5.72. The van der Waals surface area contributed by atoms with Gasteiger partial charge in [0.05, 0.1) is 6.04 Å². The first-order valence-electron chi connectivity index (χ1n) is 6.17. The summed E-state index contributed by atoms with van der Waals surface area (Å²) in [5.41, 5.74) is 3.84. The fourth-order valence-electron chi connectivity index (χ4n) is 2.20. The van der Waals surface area contributed by atoms with Gasteiger partial charge in [-0.2, -0.15) is 0 Å². The van der Waals surface area contributed by atoms with E-state index in [9.17, 15) is 0 Å². The maximum absolute atomic E-state index is 5.69. The van der Waals surface area contributed by atoms with Gasteiger partial charge in [0.1, 0.15) is 5.76 Å². The zero-order valence-corrected chi connectivity index (χ0v) is 12.5. The van der Waals surface area contributed by atoms with Gasteiger partial charge in [0, 0.05) is 0 Å². The number of halogens is 1. The lowest BCUT2D eigenvalue weighted by Crippen LogP contribution is -2.22. The van der Waals surface area contributed by atoms with Gasteiger partial charge in [-0.3, -0.25) is 0 Å². The van der Waals surface area contributed by atoms with Gasteiger partial charge in [-0.1, -0.05) is 30.7 Å². The molecule has 0 amide bonds. The van der Waals surface area contributed by atoms with Crippen LogP contribution in [0.2, 0.25) is 0 Å². The zero-order chi connectivity index (χ0) is 13.1. The first-order chi connectivity index (χ1) is 8.61. The Bertz CT molecular complexity index is 533. The Morgan fingerprint density at radius 2 is 2.00 bits per heavy atom. The van der Waals surface area contributed by atoms with Gasteiger partial charge in [0.25, 0.3) is 0 Å². The molecule has 1 atom stereocenters. The van der Waals surface area contributed by atoms with Crippen molar-refractivity contribution in [1.29, 1.82) is 0 Å². The lowest BCUT2D eigenvalue weighted by Gasteiger charge is -2.18. The third-order valence-electron chi connectivity index (χ3n) is 3.02. The summed E-state index contributed by atoms with van der Waals surface area (Å²) in [5, 5.41) is 3.47. The molecule has 0 spiro atoms. The topological polar surface area (TPSA) is 25.2 Å². The van der Waals surface area contributed by atoms with Crippen LogP contribution in [0.5, 0.6) is 0 Å². The van der Waals surface area contributed by atoms with Gasteiger partial charge in [0.15, 0.2) is 4.67 Å². The van der Waals surface area contributed by atoms with Crippen molar-refractivity contribution in [3.63, 3.8) is 0 Å². The summed E-state index contributed by atoms with van der Waals surface area (Å²) in [4.78, 5) is 0. The van der Waals surface area contributed by atoms with Gasteiger partial charge >= 0.3 is 0 Å². The van der Waals surface area contributed by atoms with Gasteiger partial charge in [0.2, 0.25) is 0 Å². The van der Waals surface area contributed by atoms with Crippen molar-refractivity contribution < 1.29 is 4.42 Å². The fraction of sp³-hybridized carbons (Fsp3) is 0.333. The van der Waals surface area contributed by atoms with Crippen molar-refractivity contribution in [2.24, 2.45) is 0 Å². The Kier molecular flexibility index (Phi) is 4.25. The summed E-state index contributed by atoms with van der Waals surface area (Å²) < 4.78 is 6.46. The highest BCUT2D eigenvalue weighted by atomic mass is 79.9. The van der Waals surface area contributed by atoms with Crippen LogP contribution in [0.3, 0.4) is 0 Å². The third kappa shape index (κ3) is 2.85. The number of aryl methyl sites for hydroxylation is 2. The first-order valence-corrected chi connectivity index (χ1v) is 6.97. The highest BCUT2D eigenvalue weighted by Gasteiger charge is 2.18. The number of benzene rings is 1. The summed E-state index contributed by atoms with van der Waals surface area (Å²) in [6.45, 7) is 7.26. The zero-order valence-electron chi connectivity index (χ0n) is 11.0. The number of rotatable bonds is 4. The quantitative estimate of drug-likeness (QED) is 0.908. The summed E-state index contributed by atoms with van der Waals surface area (Å²) >= 11 is 3.36. The molecule has 2 rings (SSSR count). The highest BCUT2D eigenvalue weighted by molar-refractivity contribution is 9.10. The van der Waals surface area contributed by atoms with Gasteiger partial charge in [-0.25, -0.2) is 0 Å². The predicted molar refractivity (Wildman–Crippen MR) is 77.8 cm³/mol. The molecule has 0 radical (unpaired) electrons. The maximum atomic E-state index is 5.69. The molecule has 2 nitrogen and oxygen atoms in total. The third-order valence-corrected chi connectivity index (χ3v) is 3.45. The Labute approximate surface area is 117 Å². The fourth-order valence-corrected chi connectivity index (χ4v) is 2.52. The van der Waals surface area contributed by atoms with Crippen LogP contribution in [0.4, 0.5) is 0 Å². The van der Waals surface area contributed by atoms with Gasteiger partial charge in [-0.05, 0) is 59.6 Å². The number of nitrogens with one attached hydrogen (secondary N) is 1. The molecule has 1 aromatic carbocycles. The van der Waals surface area contributed by atoms with E-state index in [1.165, 1.54) is 16.7 Å². The molecule has 96 valence electrons. The second-order valence-electron chi connectivity index (χ2n) is 4.49. The van der Waals surface area contributed by atoms with Crippen molar-refractivity contribution in [2.45, 2.75) is 26.8 Å². The lowest BCUT2D eigenvalue weighted by molar-refractivity contribution is 0.437. The second-order valence-corrected chi connectivity index (χ2v) is 5.27. The molecule has 0 saturated heterocycles. The van der Waals surface area contributed by atoms with E-state index < -0.39 is 0 Å². The first kappa shape index (κ1) is 13.4. The van der Waals surface area contributed by atoms with Gasteiger partial charge in [-0.15, -0.1) is 0 Å². The largest absolute Gasteiger partial charge is 0.452 e. The molecule has 1 N–H and O–H groups in total. The molecule has 0 saturated carbocycles. The van der Waals surface area contributed by atoms with Crippen LogP contribution in [-0.4, -0.2) is 6.54 Å². The molecule has 0 bridgehead atoms. The molecule has 0 aliphatic rings. The lowest BCUT2D eigenvalue weighted by atomic mass is 9.97. The smallest absolute Gasteiger partial charge is 0.169 e. The number of furan rings is 1. The Hall–Kier alpha value is -1.06. The molecule has 3 heteroatoms. The standard InChI is InChI=1S/C15H18BrNO/c1-4-17-15(13-7-8-14(16)18-13)12-6-5-10(2)9-11(12)3/h5-9,15,17H,4H2,1-3H3. The minimum absolute atomic E-state index is 0.113. The normalized spacial score (nSPS) is 12.7. The van der Waals surface area contributed by atoms with Gasteiger partial charge < -0.3 is 9.73 Å². The van der Waals surface area contributed by atoms with Crippen molar-refractivity contribution in [1.82, 2.24) is 5.32 Å². The van der Waals surface area contributed by atoms with Crippen LogP contribution in [-0.2, 0) is 0 Å². The van der Waals surface area contributed by atoms with Crippen molar-refractivity contribution in [2.75, 3.05) is 6.54 Å². The minimum atomic E-state index is 0.113. The number of hydrogen-bond acceptors (Lipinski definition) is 2. The monoisotopic (exact) mass is 307 g/mol.